The number of halogens is 2. The van der Waals surface area contributed by atoms with Crippen LogP contribution in [0.25, 0.3) is 0 Å². The highest BCUT2D eigenvalue weighted by atomic mass is 19.3. The largest absolute Gasteiger partial charge is 0.390 e. The molecule has 4 heteroatoms. The summed E-state index contributed by atoms with van der Waals surface area (Å²) in [6, 6.07) is 0. The predicted molar refractivity (Wildman–Crippen MR) is 42.3 cm³/mol. The molecule has 1 aliphatic heterocycles. The van der Waals surface area contributed by atoms with Gasteiger partial charge in [0.2, 0.25) is 0 Å². The van der Waals surface area contributed by atoms with Crippen molar-refractivity contribution >= 4 is 0 Å². The van der Waals surface area contributed by atoms with E-state index >= 15 is 0 Å². The van der Waals surface area contributed by atoms with Crippen molar-refractivity contribution in [1.82, 2.24) is 4.90 Å². The second-order valence-electron chi connectivity index (χ2n) is 3.48. The Labute approximate surface area is 71.2 Å². The number of likely N-dealkylation sites (tertiary alicyclic amines) is 1. The first kappa shape index (κ1) is 9.86. The molecule has 1 aliphatic rings. The SMILES string of the molecule is CCC1CN(CC(F)(F)CO)C1. The minimum atomic E-state index is -2.92. The van der Waals surface area contributed by atoms with E-state index < -0.39 is 12.5 Å². The Bertz CT molecular complexity index is 146. The molecule has 1 N–H and O–H groups in total. The average molecular weight is 179 g/mol. The van der Waals surface area contributed by atoms with Crippen LogP contribution in [0.1, 0.15) is 13.3 Å². The van der Waals surface area contributed by atoms with Crippen molar-refractivity contribution in [1.29, 1.82) is 0 Å². The van der Waals surface area contributed by atoms with Gasteiger partial charge in [0.15, 0.2) is 0 Å². The summed E-state index contributed by atoms with van der Waals surface area (Å²) in [4.78, 5) is 1.68. The molecule has 0 aromatic rings. The summed E-state index contributed by atoms with van der Waals surface area (Å²) in [5, 5.41) is 8.31. The van der Waals surface area contributed by atoms with Gasteiger partial charge in [-0.15, -0.1) is 0 Å². The number of aliphatic hydroxyl groups is 1. The first-order valence-electron chi connectivity index (χ1n) is 4.28. The fourth-order valence-electron chi connectivity index (χ4n) is 1.44. The van der Waals surface area contributed by atoms with Gasteiger partial charge in [0.1, 0.15) is 6.61 Å². The fourth-order valence-corrected chi connectivity index (χ4v) is 1.44. The molecule has 0 aliphatic carbocycles. The Morgan fingerprint density at radius 1 is 1.50 bits per heavy atom. The van der Waals surface area contributed by atoms with Crippen molar-refractivity contribution in [3.63, 3.8) is 0 Å². The van der Waals surface area contributed by atoms with Crippen LogP contribution in [0.15, 0.2) is 0 Å². The van der Waals surface area contributed by atoms with Gasteiger partial charge in [-0.25, -0.2) is 8.78 Å². The topological polar surface area (TPSA) is 23.5 Å². The third-order valence-corrected chi connectivity index (χ3v) is 2.30. The number of hydrogen-bond acceptors (Lipinski definition) is 2. The van der Waals surface area contributed by atoms with E-state index in [1.807, 2.05) is 0 Å². The van der Waals surface area contributed by atoms with Crippen molar-refractivity contribution in [2.75, 3.05) is 26.2 Å². The van der Waals surface area contributed by atoms with Gasteiger partial charge in [0.25, 0.3) is 5.92 Å². The van der Waals surface area contributed by atoms with Crippen LogP contribution in [-0.4, -0.2) is 42.2 Å². The van der Waals surface area contributed by atoms with Crippen LogP contribution >= 0.6 is 0 Å². The third-order valence-electron chi connectivity index (χ3n) is 2.30. The second kappa shape index (κ2) is 3.66. The zero-order valence-electron chi connectivity index (χ0n) is 7.26. The average Bonchev–Trinajstić information content (AvgIpc) is 1.96. The Morgan fingerprint density at radius 3 is 2.50 bits per heavy atom. The van der Waals surface area contributed by atoms with E-state index in [1.165, 1.54) is 0 Å². The lowest BCUT2D eigenvalue weighted by atomic mass is 9.97. The summed E-state index contributed by atoms with van der Waals surface area (Å²) in [5.74, 6) is -2.34. The zero-order chi connectivity index (χ0) is 9.19. The molecule has 1 saturated heterocycles. The number of hydrogen-bond donors (Lipinski definition) is 1. The van der Waals surface area contributed by atoms with E-state index in [4.69, 9.17) is 5.11 Å². The molecule has 1 fully saturated rings. The standard InChI is InChI=1S/C8H15F2NO/c1-2-7-3-11(4-7)5-8(9,10)6-12/h7,12H,2-6H2,1H3. The molecule has 0 aromatic heterocycles. The van der Waals surface area contributed by atoms with E-state index in [0.29, 0.717) is 5.92 Å². The van der Waals surface area contributed by atoms with E-state index in [1.54, 1.807) is 4.90 Å². The Kier molecular flexibility index (Phi) is 3.01. The Morgan fingerprint density at radius 2 is 2.08 bits per heavy atom. The van der Waals surface area contributed by atoms with Gasteiger partial charge in [-0.2, -0.15) is 0 Å². The molecular weight excluding hydrogens is 164 g/mol. The van der Waals surface area contributed by atoms with Crippen molar-refractivity contribution in [2.45, 2.75) is 19.3 Å². The van der Waals surface area contributed by atoms with Crippen molar-refractivity contribution in [2.24, 2.45) is 5.92 Å². The van der Waals surface area contributed by atoms with Gasteiger partial charge in [0.05, 0.1) is 6.54 Å². The number of aliphatic hydroxyl groups excluding tert-OH is 1. The van der Waals surface area contributed by atoms with Crippen molar-refractivity contribution in [3.8, 4) is 0 Å². The van der Waals surface area contributed by atoms with Gasteiger partial charge in [0, 0.05) is 13.1 Å². The summed E-state index contributed by atoms with van der Waals surface area (Å²) in [6.45, 7) is 2.24. The molecule has 0 spiro atoms. The first-order chi connectivity index (χ1) is 5.57. The first-order valence-corrected chi connectivity index (χ1v) is 4.28. The molecule has 0 atom stereocenters. The second-order valence-corrected chi connectivity index (χ2v) is 3.48. The van der Waals surface area contributed by atoms with Crippen molar-refractivity contribution in [3.05, 3.63) is 0 Å². The van der Waals surface area contributed by atoms with Crippen LogP contribution in [0, 0.1) is 5.92 Å². The Balaban J connectivity index is 2.18. The lowest BCUT2D eigenvalue weighted by molar-refractivity contribution is -0.0919. The van der Waals surface area contributed by atoms with Crippen LogP contribution in [0.5, 0.6) is 0 Å². The maximum atomic E-state index is 12.6. The third kappa shape index (κ3) is 2.38. The highest BCUT2D eigenvalue weighted by molar-refractivity contribution is 4.82. The normalized spacial score (nSPS) is 21.0. The fraction of sp³-hybridized carbons (Fsp3) is 1.00. The summed E-state index contributed by atoms with van der Waals surface area (Å²) in [5.41, 5.74) is 0. The summed E-state index contributed by atoms with van der Waals surface area (Å²) in [6.07, 6.45) is 1.06. The van der Waals surface area contributed by atoms with Gasteiger partial charge in [-0.05, 0) is 5.92 Å². The number of alkyl halides is 2. The van der Waals surface area contributed by atoms with E-state index in [9.17, 15) is 8.78 Å². The van der Waals surface area contributed by atoms with Crippen molar-refractivity contribution < 1.29 is 13.9 Å². The molecule has 1 rings (SSSR count). The molecule has 0 unspecified atom stereocenters. The summed E-state index contributed by atoms with van der Waals surface area (Å²) >= 11 is 0. The minimum Gasteiger partial charge on any atom is -0.390 e. The van der Waals surface area contributed by atoms with E-state index in [-0.39, 0.29) is 6.54 Å². The monoisotopic (exact) mass is 179 g/mol. The molecule has 0 aromatic carbocycles. The molecule has 0 bridgehead atoms. The molecule has 0 saturated carbocycles. The highest BCUT2D eigenvalue weighted by Gasteiger charge is 2.35. The molecule has 0 radical (unpaired) electrons. The molecule has 72 valence electrons. The Hall–Kier alpha value is -0.220. The highest BCUT2D eigenvalue weighted by Crippen LogP contribution is 2.23. The van der Waals surface area contributed by atoms with Crippen LogP contribution in [0.4, 0.5) is 8.78 Å². The number of nitrogens with zero attached hydrogens (tertiary/aromatic N) is 1. The van der Waals surface area contributed by atoms with Crippen LogP contribution < -0.4 is 0 Å². The smallest absolute Gasteiger partial charge is 0.283 e. The van der Waals surface area contributed by atoms with Gasteiger partial charge < -0.3 is 5.11 Å². The van der Waals surface area contributed by atoms with Gasteiger partial charge in [-0.1, -0.05) is 13.3 Å². The van der Waals surface area contributed by atoms with Crippen LogP contribution in [-0.2, 0) is 0 Å². The summed E-state index contributed by atoms with van der Waals surface area (Å²) < 4.78 is 25.1. The van der Waals surface area contributed by atoms with Gasteiger partial charge >= 0.3 is 0 Å². The zero-order valence-corrected chi connectivity index (χ0v) is 7.26. The maximum Gasteiger partial charge on any atom is 0.283 e. The maximum absolute atomic E-state index is 12.6. The molecular formula is C8H15F2NO. The molecule has 1 heterocycles. The quantitative estimate of drug-likeness (QED) is 0.694. The van der Waals surface area contributed by atoms with Crippen LogP contribution in [0.3, 0.4) is 0 Å². The minimum absolute atomic E-state index is 0.292. The lowest BCUT2D eigenvalue weighted by Crippen LogP contribution is -2.51. The lowest BCUT2D eigenvalue weighted by Gasteiger charge is -2.40. The molecule has 0 amide bonds. The number of rotatable bonds is 4. The van der Waals surface area contributed by atoms with Gasteiger partial charge in [-0.3, -0.25) is 4.90 Å². The van der Waals surface area contributed by atoms with E-state index in [0.717, 1.165) is 19.5 Å². The van der Waals surface area contributed by atoms with Crippen LogP contribution in [0.2, 0.25) is 0 Å². The molecule has 2 nitrogen and oxygen atoms in total. The predicted octanol–water partition coefficient (Wildman–Crippen LogP) is 0.956. The van der Waals surface area contributed by atoms with E-state index in [2.05, 4.69) is 6.92 Å². The molecule has 12 heavy (non-hydrogen) atoms. The summed E-state index contributed by atoms with van der Waals surface area (Å²) in [7, 11) is 0.